The van der Waals surface area contributed by atoms with Gasteiger partial charge in [-0.05, 0) is 38.5 Å². The van der Waals surface area contributed by atoms with E-state index in [9.17, 15) is 4.79 Å². The van der Waals surface area contributed by atoms with E-state index in [0.29, 0.717) is 15.6 Å². The molecule has 0 amide bonds. The summed E-state index contributed by atoms with van der Waals surface area (Å²) in [6.07, 6.45) is 0. The lowest BCUT2D eigenvalue weighted by Gasteiger charge is -2.22. The highest BCUT2D eigenvalue weighted by atomic mass is 35.5. The number of carbonyl (C=O) groups excluding carboxylic acids is 1. The minimum atomic E-state index is -0.526. The number of ether oxygens (including phenoxy) is 1. The Hall–Kier alpha value is -1.13. The molecule has 0 fully saturated rings. The molecule has 0 spiro atoms. The minimum Gasteiger partial charge on any atom is -0.457 e. The summed E-state index contributed by atoms with van der Waals surface area (Å²) in [6, 6.07) is 7.50. The van der Waals surface area contributed by atoms with Crippen molar-refractivity contribution >= 4 is 29.3 Å². The van der Waals surface area contributed by atoms with Crippen LogP contribution in [0.1, 0.15) is 32.3 Å². The zero-order chi connectivity index (χ0) is 14.9. The average Bonchev–Trinajstić information content (AvgIpc) is 2.70. The van der Waals surface area contributed by atoms with Gasteiger partial charge in [0.25, 0.3) is 0 Å². The number of hydrogen-bond donors (Lipinski definition) is 1. The molecule has 1 aliphatic heterocycles. The first-order valence-corrected chi connectivity index (χ1v) is 7.75. The fourth-order valence-corrected chi connectivity index (χ4v) is 3.25. The van der Waals surface area contributed by atoms with Gasteiger partial charge in [0, 0.05) is 16.7 Å². The molecule has 1 unspecified atom stereocenters. The normalized spacial score (nSPS) is 19.3. The maximum absolute atomic E-state index is 12.3. The van der Waals surface area contributed by atoms with Crippen LogP contribution in [-0.2, 0) is 9.53 Å². The first-order chi connectivity index (χ1) is 9.28. The predicted octanol–water partition coefficient (Wildman–Crippen LogP) is 3.68. The third kappa shape index (κ3) is 3.49. The lowest BCUT2D eigenvalue weighted by atomic mass is 9.93. The van der Waals surface area contributed by atoms with Gasteiger partial charge >= 0.3 is 5.97 Å². The van der Waals surface area contributed by atoms with Crippen LogP contribution < -0.4 is 5.73 Å². The smallest absolute Gasteiger partial charge is 0.337 e. The molecule has 1 aromatic carbocycles. The van der Waals surface area contributed by atoms with Crippen LogP contribution >= 0.6 is 23.4 Å². The molecule has 1 aromatic rings. The Morgan fingerprint density at radius 2 is 1.95 bits per heavy atom. The molecule has 20 heavy (non-hydrogen) atoms. The number of carbonyl (C=O) groups is 1. The zero-order valence-electron chi connectivity index (χ0n) is 11.8. The van der Waals surface area contributed by atoms with Crippen molar-refractivity contribution in [2.75, 3.05) is 5.75 Å². The van der Waals surface area contributed by atoms with Crippen molar-refractivity contribution in [3.05, 3.63) is 45.5 Å². The topological polar surface area (TPSA) is 52.3 Å². The first-order valence-electron chi connectivity index (χ1n) is 6.39. The molecule has 0 aliphatic carbocycles. The van der Waals surface area contributed by atoms with Gasteiger partial charge in [-0.2, -0.15) is 0 Å². The summed E-state index contributed by atoms with van der Waals surface area (Å²) in [6.45, 7) is 5.54. The fourth-order valence-electron chi connectivity index (χ4n) is 2.04. The number of thioether (sulfide) groups is 1. The van der Waals surface area contributed by atoms with E-state index in [1.807, 2.05) is 45.0 Å². The van der Waals surface area contributed by atoms with Gasteiger partial charge in [-0.3, -0.25) is 0 Å². The van der Waals surface area contributed by atoms with Gasteiger partial charge in [-0.15, -0.1) is 11.8 Å². The van der Waals surface area contributed by atoms with Crippen molar-refractivity contribution in [3.63, 3.8) is 0 Å². The monoisotopic (exact) mass is 311 g/mol. The average molecular weight is 312 g/mol. The third-order valence-electron chi connectivity index (χ3n) is 2.91. The van der Waals surface area contributed by atoms with E-state index in [2.05, 4.69) is 0 Å². The zero-order valence-corrected chi connectivity index (χ0v) is 13.3. The summed E-state index contributed by atoms with van der Waals surface area (Å²) >= 11 is 7.39. The maximum Gasteiger partial charge on any atom is 0.337 e. The Balaban J connectivity index is 2.27. The Kier molecular flexibility index (Phi) is 4.35. The largest absolute Gasteiger partial charge is 0.457 e. The highest BCUT2D eigenvalue weighted by molar-refractivity contribution is 8.03. The van der Waals surface area contributed by atoms with E-state index in [1.54, 1.807) is 0 Å². The van der Waals surface area contributed by atoms with E-state index >= 15 is 0 Å². The lowest BCUT2D eigenvalue weighted by molar-refractivity contribution is -0.150. The summed E-state index contributed by atoms with van der Waals surface area (Å²) < 4.78 is 5.45. The second kappa shape index (κ2) is 5.70. The summed E-state index contributed by atoms with van der Waals surface area (Å²) in [7, 11) is 0. The van der Waals surface area contributed by atoms with Crippen molar-refractivity contribution in [1.29, 1.82) is 0 Å². The van der Waals surface area contributed by atoms with E-state index in [4.69, 9.17) is 22.1 Å². The number of hydrogen-bond acceptors (Lipinski definition) is 4. The number of halogens is 1. The van der Waals surface area contributed by atoms with E-state index in [0.717, 1.165) is 11.3 Å². The highest BCUT2D eigenvalue weighted by Gasteiger charge is 2.34. The molecule has 3 nitrogen and oxygen atoms in total. The molecular weight excluding hydrogens is 294 g/mol. The molecule has 5 heteroatoms. The molecular formula is C15H18ClNO2S. The van der Waals surface area contributed by atoms with E-state index in [1.165, 1.54) is 11.8 Å². The number of esters is 1. The van der Waals surface area contributed by atoms with Crippen molar-refractivity contribution in [3.8, 4) is 0 Å². The van der Waals surface area contributed by atoms with Crippen LogP contribution in [-0.4, -0.2) is 17.3 Å². The molecule has 1 aliphatic rings. The standard InChI is InChI=1S/C15H18ClNO2S/c1-15(2,3)19-14(18)12-11(8-20-13(12)17)9-4-6-10(16)7-5-9/h4-7,11H,8,17H2,1-3H3. The van der Waals surface area contributed by atoms with Gasteiger partial charge in [0.2, 0.25) is 0 Å². The van der Waals surface area contributed by atoms with Crippen LogP contribution in [0.5, 0.6) is 0 Å². The first kappa shape index (κ1) is 15.3. The Bertz CT molecular complexity index is 546. The fraction of sp³-hybridized carbons (Fsp3) is 0.400. The third-order valence-corrected chi connectivity index (χ3v) is 4.19. The van der Waals surface area contributed by atoms with Crippen LogP contribution in [0.2, 0.25) is 5.02 Å². The van der Waals surface area contributed by atoms with E-state index in [-0.39, 0.29) is 11.9 Å². The highest BCUT2D eigenvalue weighted by Crippen LogP contribution is 2.40. The van der Waals surface area contributed by atoms with E-state index < -0.39 is 5.60 Å². The molecule has 2 N–H and O–H groups in total. The summed E-state index contributed by atoms with van der Waals surface area (Å²) in [5.41, 5.74) is 7.04. The Morgan fingerprint density at radius 3 is 2.50 bits per heavy atom. The second-order valence-electron chi connectivity index (χ2n) is 5.69. The van der Waals surface area contributed by atoms with Gasteiger partial charge in [0.1, 0.15) is 5.60 Å². The van der Waals surface area contributed by atoms with Crippen molar-refractivity contribution in [1.82, 2.24) is 0 Å². The number of rotatable bonds is 2. The molecule has 1 heterocycles. The molecule has 0 bridgehead atoms. The Morgan fingerprint density at radius 1 is 1.35 bits per heavy atom. The lowest BCUT2D eigenvalue weighted by Crippen LogP contribution is -2.27. The summed E-state index contributed by atoms with van der Waals surface area (Å²) in [5.74, 6) is 0.384. The predicted molar refractivity (Wildman–Crippen MR) is 83.7 cm³/mol. The van der Waals surface area contributed by atoms with Crippen LogP contribution in [0.3, 0.4) is 0 Å². The molecule has 108 valence electrons. The second-order valence-corrected chi connectivity index (χ2v) is 7.19. The van der Waals surface area contributed by atoms with Gasteiger partial charge < -0.3 is 10.5 Å². The Labute approximate surface area is 128 Å². The minimum absolute atomic E-state index is 0.0351. The molecule has 0 aromatic heterocycles. The molecule has 2 rings (SSSR count). The molecule has 1 atom stereocenters. The van der Waals surface area contributed by atoms with Gasteiger partial charge in [-0.25, -0.2) is 4.79 Å². The van der Waals surface area contributed by atoms with Crippen molar-refractivity contribution in [2.24, 2.45) is 5.73 Å². The quantitative estimate of drug-likeness (QED) is 0.846. The number of benzene rings is 1. The molecule has 0 radical (unpaired) electrons. The molecule has 0 saturated carbocycles. The van der Waals surface area contributed by atoms with Crippen LogP contribution in [0, 0.1) is 0 Å². The van der Waals surface area contributed by atoms with Crippen LogP contribution in [0.25, 0.3) is 0 Å². The maximum atomic E-state index is 12.3. The van der Waals surface area contributed by atoms with Gasteiger partial charge in [0.05, 0.1) is 10.6 Å². The summed E-state index contributed by atoms with van der Waals surface area (Å²) in [4.78, 5) is 12.3. The number of nitrogens with two attached hydrogens (primary N) is 1. The van der Waals surface area contributed by atoms with Gasteiger partial charge in [-0.1, -0.05) is 23.7 Å². The SMILES string of the molecule is CC(C)(C)OC(=O)C1=C(N)SCC1c1ccc(Cl)cc1. The van der Waals surface area contributed by atoms with Gasteiger partial charge in [0.15, 0.2) is 0 Å². The van der Waals surface area contributed by atoms with Crippen LogP contribution in [0.4, 0.5) is 0 Å². The summed E-state index contributed by atoms with van der Waals surface area (Å²) in [5, 5.41) is 1.23. The van der Waals surface area contributed by atoms with Crippen molar-refractivity contribution in [2.45, 2.75) is 32.3 Å². The van der Waals surface area contributed by atoms with Crippen LogP contribution in [0.15, 0.2) is 34.9 Å². The molecule has 0 saturated heterocycles. The van der Waals surface area contributed by atoms with Crippen molar-refractivity contribution < 1.29 is 9.53 Å².